The van der Waals surface area contributed by atoms with Crippen molar-refractivity contribution in [1.29, 1.82) is 0 Å². The molecule has 0 atom stereocenters. The zero-order valence-corrected chi connectivity index (χ0v) is 55.2. The molecule has 0 heteroatoms. The Morgan fingerprint density at radius 3 is 0.529 bits per heavy atom. The first kappa shape index (κ1) is 76.9. The van der Waals surface area contributed by atoms with Gasteiger partial charge in [0, 0.05) is 0 Å². The average Bonchev–Trinajstić information content (AvgIpc) is 4.01. The van der Waals surface area contributed by atoms with Crippen LogP contribution in [0.4, 0.5) is 0 Å². The van der Waals surface area contributed by atoms with E-state index >= 15 is 0 Å². The molecule has 5 aliphatic carbocycles. The first-order valence-corrected chi connectivity index (χ1v) is 31.4. The number of rotatable bonds is 7. The van der Waals surface area contributed by atoms with Crippen molar-refractivity contribution in [3.05, 3.63) is 0 Å². The van der Waals surface area contributed by atoms with Crippen molar-refractivity contribution in [3.8, 4) is 0 Å². The van der Waals surface area contributed by atoms with Crippen LogP contribution in [0.5, 0.6) is 0 Å². The van der Waals surface area contributed by atoms with Gasteiger partial charge in [-0.05, 0) is 149 Å². The fourth-order valence-corrected chi connectivity index (χ4v) is 14.6. The number of hydrogen-bond donors (Lipinski definition) is 0. The molecule has 0 amide bonds. The third-order valence-electron chi connectivity index (χ3n) is 19.7. The van der Waals surface area contributed by atoms with Gasteiger partial charge in [-0.15, -0.1) is 0 Å². The van der Waals surface area contributed by atoms with Crippen molar-refractivity contribution in [2.24, 2.45) is 84.7 Å². The molecule has 0 N–H and O–H groups in total. The van der Waals surface area contributed by atoms with E-state index in [0.29, 0.717) is 37.9 Å². The Morgan fingerprint density at radius 1 is 0.221 bits per heavy atom. The zero-order valence-electron chi connectivity index (χ0n) is 55.2. The maximum atomic E-state index is 2.45. The predicted molar refractivity (Wildman–Crippen MR) is 323 cm³/mol. The van der Waals surface area contributed by atoms with Crippen LogP contribution in [0.25, 0.3) is 0 Å². The molecular weight excluding hydrogens is 817 g/mol. The highest BCUT2D eigenvalue weighted by Crippen LogP contribution is 2.63. The summed E-state index contributed by atoms with van der Waals surface area (Å²) in [4.78, 5) is 0. The lowest BCUT2D eigenvalue weighted by Gasteiger charge is -2.54. The van der Waals surface area contributed by atoms with Gasteiger partial charge in [-0.25, -0.2) is 0 Å². The van der Waals surface area contributed by atoms with Crippen LogP contribution in [0.1, 0.15) is 357 Å². The van der Waals surface area contributed by atoms with E-state index < -0.39 is 0 Å². The summed E-state index contributed by atoms with van der Waals surface area (Å²) in [5, 5.41) is 0. The van der Waals surface area contributed by atoms with Crippen LogP contribution in [0.3, 0.4) is 0 Å². The van der Waals surface area contributed by atoms with Crippen LogP contribution in [0, 0.1) is 84.7 Å². The molecule has 0 unspecified atom stereocenters. The van der Waals surface area contributed by atoms with Gasteiger partial charge in [0.1, 0.15) is 0 Å². The monoisotopic (exact) mass is 963 g/mol. The van der Waals surface area contributed by atoms with Crippen LogP contribution in [-0.4, -0.2) is 0 Å². The van der Waals surface area contributed by atoms with Crippen LogP contribution >= 0.6 is 0 Å². The van der Waals surface area contributed by atoms with E-state index in [4.69, 9.17) is 0 Å². The van der Waals surface area contributed by atoms with E-state index in [1.807, 2.05) is 69.2 Å². The average molecular weight is 964 g/mol. The highest BCUT2D eigenvalue weighted by atomic mass is 14.6. The molecule has 5 rings (SSSR count). The molecule has 0 nitrogen and oxygen atoms in total. The summed E-state index contributed by atoms with van der Waals surface area (Å²) in [6.45, 7) is 75.2. The van der Waals surface area contributed by atoms with Gasteiger partial charge in [-0.1, -0.05) is 293 Å². The van der Waals surface area contributed by atoms with Crippen LogP contribution < -0.4 is 0 Å². The normalized spacial score (nSPS) is 20.5. The van der Waals surface area contributed by atoms with E-state index in [0.717, 1.165) is 46.8 Å². The molecule has 0 heterocycles. The Hall–Kier alpha value is 0. The first-order valence-electron chi connectivity index (χ1n) is 31.4. The Bertz CT molecular complexity index is 1020. The molecule has 0 aromatic carbocycles. The SMILES string of the molecule is CC.CC.CC.CC.CC.CC(C)(C)C1(C(C)(C)C)CCCCCC1.CC(C)C1(C(C)(C)C)CC1.CC(C)C1(C(C)C)CCC1.CC(C)C1(C(C)C)CCCC1.CC(C)C1(C(C)C)CCCCC1. The van der Waals surface area contributed by atoms with Gasteiger partial charge in [-0.2, -0.15) is 0 Å². The summed E-state index contributed by atoms with van der Waals surface area (Å²) in [5.74, 6) is 6.15. The van der Waals surface area contributed by atoms with Gasteiger partial charge in [-0.3, -0.25) is 0 Å². The predicted octanol–water partition coefficient (Wildman–Crippen LogP) is 25.6. The molecule has 68 heavy (non-hydrogen) atoms. The summed E-state index contributed by atoms with van der Waals surface area (Å²) < 4.78 is 0. The van der Waals surface area contributed by atoms with Crippen LogP contribution in [0.15, 0.2) is 0 Å². The minimum atomic E-state index is 0.440. The first-order chi connectivity index (χ1) is 31.4. The molecule has 0 spiro atoms. The lowest BCUT2D eigenvalue weighted by Crippen LogP contribution is -2.45. The van der Waals surface area contributed by atoms with Crippen molar-refractivity contribution in [3.63, 3.8) is 0 Å². The van der Waals surface area contributed by atoms with Crippen molar-refractivity contribution in [2.45, 2.75) is 357 Å². The molecule has 5 aliphatic rings. The van der Waals surface area contributed by atoms with Gasteiger partial charge in [0.25, 0.3) is 0 Å². The third kappa shape index (κ3) is 22.2. The Labute approximate surface area is 439 Å². The Morgan fingerprint density at radius 2 is 0.412 bits per heavy atom. The van der Waals surface area contributed by atoms with E-state index in [1.54, 1.807) is 0 Å². The summed E-state index contributed by atoms with van der Waals surface area (Å²) in [5.41, 5.74) is 4.73. The highest BCUT2D eigenvalue weighted by Gasteiger charge is 2.53. The van der Waals surface area contributed by atoms with Crippen molar-refractivity contribution in [2.75, 3.05) is 0 Å². The van der Waals surface area contributed by atoms with Crippen molar-refractivity contribution in [1.82, 2.24) is 0 Å². The van der Waals surface area contributed by atoms with E-state index in [9.17, 15) is 0 Å². The van der Waals surface area contributed by atoms with E-state index in [2.05, 4.69) is 159 Å². The fraction of sp³-hybridized carbons (Fsp3) is 1.00. The molecule has 0 saturated heterocycles. The van der Waals surface area contributed by atoms with E-state index in [-0.39, 0.29) is 0 Å². The maximum Gasteiger partial charge on any atom is -0.0200 e. The molecule has 418 valence electrons. The second kappa shape index (κ2) is 36.8. The third-order valence-corrected chi connectivity index (χ3v) is 19.7. The minimum absolute atomic E-state index is 0.440. The molecule has 0 radical (unpaired) electrons. The highest BCUT2D eigenvalue weighted by molar-refractivity contribution is 5.03. The lowest BCUT2D eigenvalue weighted by molar-refractivity contribution is -0.0462. The standard InChI is InChI=1S/C15H30.C12H24.C11H22.2C10H20.5C2H6/c1-13(2,3)15(14(4,5)6)11-9-7-8-10-12-15;1-10(2)12(11(3)4)8-6-5-7-9-12;1-9(2)11(10(3)4)7-5-6-8-11;1-8(2)10(6-7-10)9(3,4)5;1-8(2)10(9(3)4)6-5-7-10;5*1-2/h7-12H2,1-6H3;10-11H,5-9H2,1-4H3;9-10H,5-8H2,1-4H3;8H,6-7H2,1-5H3;8-9H,5-7H2,1-4H3;5*1-2H3. The largest absolute Gasteiger partial charge is 0.0683 e. The smallest absolute Gasteiger partial charge is 0.0200 e. The van der Waals surface area contributed by atoms with Crippen molar-refractivity contribution < 1.29 is 0 Å². The van der Waals surface area contributed by atoms with E-state index in [1.165, 1.54) is 128 Å². The minimum Gasteiger partial charge on any atom is -0.0683 e. The topological polar surface area (TPSA) is 0 Å². The maximum absolute atomic E-state index is 2.45. The van der Waals surface area contributed by atoms with Gasteiger partial charge in [0.15, 0.2) is 0 Å². The molecular formula is C68H146. The summed E-state index contributed by atoms with van der Waals surface area (Å²) in [6, 6.07) is 0. The number of hydrogen-bond acceptors (Lipinski definition) is 0. The molecule has 0 bridgehead atoms. The summed E-state index contributed by atoms with van der Waals surface area (Å²) >= 11 is 0. The quantitative estimate of drug-likeness (QED) is 0.223. The lowest BCUT2D eigenvalue weighted by atomic mass is 9.51. The summed E-state index contributed by atoms with van der Waals surface area (Å²) in [7, 11) is 0. The molecule has 5 saturated carbocycles. The Kier molecular flexibility index (Phi) is 41.7. The van der Waals surface area contributed by atoms with Crippen LogP contribution in [0.2, 0.25) is 0 Å². The van der Waals surface area contributed by atoms with Crippen molar-refractivity contribution >= 4 is 0 Å². The van der Waals surface area contributed by atoms with Gasteiger partial charge in [0.05, 0.1) is 0 Å². The molecule has 0 aromatic heterocycles. The van der Waals surface area contributed by atoms with Crippen LogP contribution in [-0.2, 0) is 0 Å². The van der Waals surface area contributed by atoms with Gasteiger partial charge >= 0.3 is 0 Å². The zero-order chi connectivity index (χ0) is 55.2. The summed E-state index contributed by atoms with van der Waals surface area (Å²) in [6.07, 6.45) is 29.2. The molecule has 0 aromatic rings. The molecule has 0 aliphatic heterocycles. The molecule has 5 fully saturated rings. The second-order valence-corrected chi connectivity index (χ2v) is 26.8. The second-order valence-electron chi connectivity index (χ2n) is 26.8. The van der Waals surface area contributed by atoms with Gasteiger partial charge in [0.2, 0.25) is 0 Å². The van der Waals surface area contributed by atoms with Gasteiger partial charge < -0.3 is 0 Å². The fourth-order valence-electron chi connectivity index (χ4n) is 14.6. The Balaban J connectivity index is -0.000000233.